The minimum Gasteiger partial charge on any atom is -0.369 e. The number of nitrogens with zero attached hydrogens (tertiary/aromatic N) is 3. The van der Waals surface area contributed by atoms with Crippen LogP contribution in [-0.4, -0.2) is 108 Å². The summed E-state index contributed by atoms with van der Waals surface area (Å²) in [6.45, 7) is 4.93. The number of amides is 1. The van der Waals surface area contributed by atoms with Gasteiger partial charge < -0.3 is 25.6 Å². The third-order valence-electron chi connectivity index (χ3n) is 11.3. The number of carbonyl (C=O) groups is 2. The zero-order valence-electron chi connectivity index (χ0n) is 23.2. The highest BCUT2D eigenvalue weighted by molar-refractivity contribution is 6.20. The van der Waals surface area contributed by atoms with E-state index in [2.05, 4.69) is 20.0 Å². The molecular weight excluding hydrogens is 497 g/mol. The molecule has 0 aromatic carbocycles. The van der Waals surface area contributed by atoms with Crippen LogP contribution in [0.1, 0.15) is 64.2 Å². The Morgan fingerprint density at radius 1 is 1.03 bits per heavy atom. The highest BCUT2D eigenvalue weighted by atomic mass is 19.1. The number of ether oxygens (including phenoxy) is 1. The van der Waals surface area contributed by atoms with Crippen LogP contribution in [0, 0.1) is 17.8 Å². The van der Waals surface area contributed by atoms with Crippen molar-refractivity contribution in [3.8, 4) is 0 Å². The van der Waals surface area contributed by atoms with E-state index in [1.54, 1.807) is 0 Å². The van der Waals surface area contributed by atoms with Gasteiger partial charge in [-0.2, -0.15) is 0 Å². The zero-order valence-corrected chi connectivity index (χ0v) is 23.2. The van der Waals surface area contributed by atoms with E-state index in [1.165, 1.54) is 38.5 Å². The Morgan fingerprint density at radius 3 is 2.54 bits per heavy atom. The van der Waals surface area contributed by atoms with Crippen molar-refractivity contribution in [2.24, 2.45) is 23.5 Å². The molecule has 9 unspecified atom stereocenters. The van der Waals surface area contributed by atoms with E-state index in [-0.39, 0.29) is 60.1 Å². The van der Waals surface area contributed by atoms with E-state index in [4.69, 9.17) is 10.5 Å². The van der Waals surface area contributed by atoms with E-state index in [9.17, 15) is 9.59 Å². The van der Waals surface area contributed by atoms with Crippen molar-refractivity contribution in [1.82, 2.24) is 20.0 Å². The Labute approximate surface area is 231 Å². The number of rotatable bonds is 5. The second kappa shape index (κ2) is 10.7. The van der Waals surface area contributed by atoms with Crippen molar-refractivity contribution in [3.63, 3.8) is 0 Å². The van der Waals surface area contributed by atoms with Crippen LogP contribution in [0.2, 0.25) is 0 Å². The van der Waals surface area contributed by atoms with Gasteiger partial charge in [0.2, 0.25) is 0 Å². The summed E-state index contributed by atoms with van der Waals surface area (Å²) in [5.41, 5.74) is 6.46. The summed E-state index contributed by atoms with van der Waals surface area (Å²) < 4.78 is 23.0. The topological polar surface area (TPSA) is 91.1 Å². The molecule has 0 spiro atoms. The van der Waals surface area contributed by atoms with Crippen molar-refractivity contribution in [2.45, 2.75) is 107 Å². The minimum absolute atomic E-state index is 0.0132. The first-order valence-electron chi connectivity index (χ1n) is 15.8. The number of nitrogens with two attached hydrogens (primary N) is 1. The lowest BCUT2D eigenvalue weighted by atomic mass is 9.64. The fourth-order valence-corrected chi connectivity index (χ4v) is 9.38. The Bertz CT molecular complexity index is 988. The molecule has 4 aliphatic heterocycles. The lowest BCUT2D eigenvalue weighted by molar-refractivity contribution is -0.219. The van der Waals surface area contributed by atoms with Crippen molar-refractivity contribution in [3.05, 3.63) is 11.8 Å². The molecule has 10 atom stereocenters. The number of morpholine rings is 1. The van der Waals surface area contributed by atoms with Crippen LogP contribution in [0.15, 0.2) is 11.8 Å². The van der Waals surface area contributed by atoms with Gasteiger partial charge in [-0.1, -0.05) is 25.7 Å². The average Bonchev–Trinajstić information content (AvgIpc) is 3.60. The van der Waals surface area contributed by atoms with Crippen molar-refractivity contribution in [1.29, 1.82) is 0 Å². The van der Waals surface area contributed by atoms with Crippen molar-refractivity contribution in [2.75, 3.05) is 39.3 Å². The smallest absolute Gasteiger partial charge is 0.256 e. The molecule has 39 heavy (non-hydrogen) atoms. The predicted octanol–water partition coefficient (Wildman–Crippen LogP) is 1.83. The highest BCUT2D eigenvalue weighted by Crippen LogP contribution is 2.50. The average molecular weight is 544 g/mol. The molecule has 0 radical (unpaired) electrons. The van der Waals surface area contributed by atoms with Gasteiger partial charge in [0, 0.05) is 44.3 Å². The third-order valence-corrected chi connectivity index (χ3v) is 11.3. The quantitative estimate of drug-likeness (QED) is 0.512. The number of hydrogen-bond donors (Lipinski definition) is 2. The van der Waals surface area contributed by atoms with Crippen LogP contribution in [0.25, 0.3) is 0 Å². The van der Waals surface area contributed by atoms with Gasteiger partial charge in [0.15, 0.2) is 5.78 Å². The van der Waals surface area contributed by atoms with Crippen LogP contribution < -0.4 is 11.1 Å². The second-order valence-corrected chi connectivity index (χ2v) is 13.5. The monoisotopic (exact) mass is 543 g/mol. The number of alkyl halides is 1. The van der Waals surface area contributed by atoms with E-state index in [0.29, 0.717) is 24.9 Å². The first kappa shape index (κ1) is 26.4. The lowest BCUT2D eigenvalue weighted by Gasteiger charge is -2.61. The molecule has 3 aliphatic carbocycles. The van der Waals surface area contributed by atoms with E-state index < -0.39 is 12.1 Å². The SMILES string of the molecule is N[C@@H]1CCN(C2C(F)CC3C(=O)C(C(=O)NCCN4CCCC4)=CN4C5CC6CCCCC6CC5OC2C34)C1. The summed E-state index contributed by atoms with van der Waals surface area (Å²) in [5.74, 6) is 0.290. The Morgan fingerprint density at radius 2 is 1.79 bits per heavy atom. The van der Waals surface area contributed by atoms with Gasteiger partial charge >= 0.3 is 0 Å². The number of likely N-dealkylation sites (tertiary alicyclic amines) is 2. The van der Waals surface area contributed by atoms with E-state index in [0.717, 1.165) is 45.4 Å². The maximum atomic E-state index is 16.1. The number of nitrogens with one attached hydrogen (secondary N) is 1. The Hall–Kier alpha value is -1.55. The molecule has 7 rings (SSSR count). The minimum atomic E-state index is -1.17. The molecule has 7 aliphatic rings. The fourth-order valence-electron chi connectivity index (χ4n) is 9.38. The summed E-state index contributed by atoms with van der Waals surface area (Å²) in [6, 6.07) is -0.395. The van der Waals surface area contributed by atoms with Gasteiger partial charge in [0.1, 0.15) is 6.17 Å². The normalized spacial score (nSPS) is 44.4. The van der Waals surface area contributed by atoms with Gasteiger partial charge in [-0.25, -0.2) is 4.39 Å². The summed E-state index contributed by atoms with van der Waals surface area (Å²) in [5, 5.41) is 3.02. The van der Waals surface area contributed by atoms with Crippen LogP contribution in [-0.2, 0) is 14.3 Å². The first-order valence-corrected chi connectivity index (χ1v) is 15.8. The molecule has 4 heterocycles. The van der Waals surface area contributed by atoms with Gasteiger partial charge in [0.05, 0.1) is 35.9 Å². The van der Waals surface area contributed by atoms with Crippen molar-refractivity contribution >= 4 is 11.7 Å². The zero-order chi connectivity index (χ0) is 26.7. The first-order chi connectivity index (χ1) is 19.0. The largest absolute Gasteiger partial charge is 0.369 e. The molecule has 8 nitrogen and oxygen atoms in total. The number of halogens is 1. The van der Waals surface area contributed by atoms with Crippen molar-refractivity contribution < 1.29 is 18.7 Å². The van der Waals surface area contributed by atoms with Gasteiger partial charge in [-0.15, -0.1) is 0 Å². The molecule has 216 valence electrons. The summed E-state index contributed by atoms with van der Waals surface area (Å²) >= 11 is 0. The molecule has 3 saturated heterocycles. The van der Waals surface area contributed by atoms with Gasteiger partial charge in [-0.05, 0) is 63.5 Å². The number of carbonyl (C=O) groups excluding carboxylic acids is 2. The lowest BCUT2D eigenvalue weighted by Crippen LogP contribution is -2.73. The fraction of sp³-hybridized carbons (Fsp3) is 0.867. The molecule has 9 heteroatoms. The molecule has 0 aromatic rings. The summed E-state index contributed by atoms with van der Waals surface area (Å²) in [7, 11) is 0. The Balaban J connectivity index is 1.18. The molecular formula is C30H46FN5O3. The van der Waals surface area contributed by atoms with Crippen LogP contribution in [0.3, 0.4) is 0 Å². The summed E-state index contributed by atoms with van der Waals surface area (Å²) in [4.78, 5) is 34.1. The molecule has 3 saturated carbocycles. The molecule has 0 aromatic heterocycles. The Kier molecular flexibility index (Phi) is 7.23. The third kappa shape index (κ3) is 4.75. The van der Waals surface area contributed by atoms with E-state index in [1.807, 2.05) is 6.20 Å². The molecule has 6 fully saturated rings. The van der Waals surface area contributed by atoms with Gasteiger partial charge in [-0.3, -0.25) is 14.5 Å². The summed E-state index contributed by atoms with van der Waals surface area (Å²) in [6.07, 6.45) is 10.9. The van der Waals surface area contributed by atoms with Gasteiger partial charge in [0.25, 0.3) is 5.91 Å². The molecule has 1 amide bonds. The number of ketones is 1. The van der Waals surface area contributed by atoms with Crippen LogP contribution >= 0.6 is 0 Å². The number of fused-ring (bicyclic) bond motifs is 3. The molecule has 3 N–H and O–H groups in total. The standard InChI is InChI=1S/C30H46FN5O3/c31-23-15-21-26-29(27(23)35-11-7-20(32)16-35)39-25-14-19-6-2-1-5-18(19)13-24(25)36(26)17-22(28(21)37)30(38)33-8-12-34-9-3-4-10-34/h17-21,23-27,29H,1-16,32H2,(H,33,38)/t18?,19?,20-,21?,23?,24?,25?,26?,27?,29?/m1/s1. The maximum Gasteiger partial charge on any atom is 0.256 e. The second-order valence-electron chi connectivity index (χ2n) is 13.5. The van der Waals surface area contributed by atoms with Crippen LogP contribution in [0.4, 0.5) is 4.39 Å². The number of Topliss-reactive ketones (excluding diaryl/α,β-unsaturated/α-hetero) is 1. The maximum absolute atomic E-state index is 16.1. The van der Waals surface area contributed by atoms with Crippen LogP contribution in [0.5, 0.6) is 0 Å². The van der Waals surface area contributed by atoms with E-state index >= 15 is 4.39 Å². The molecule has 0 bridgehead atoms. The highest BCUT2D eigenvalue weighted by Gasteiger charge is 2.60. The number of hydrogen-bond acceptors (Lipinski definition) is 7. The predicted molar refractivity (Wildman–Crippen MR) is 145 cm³/mol.